The van der Waals surface area contributed by atoms with Crippen molar-refractivity contribution in [2.24, 2.45) is 5.92 Å². The first-order valence-electron chi connectivity index (χ1n) is 23.3. The zero-order valence-corrected chi connectivity index (χ0v) is 41.9. The molecule has 14 N–H and O–H groups in total. The highest BCUT2D eigenvalue weighted by Crippen LogP contribution is 2.31. The molecule has 3 fully saturated rings. The van der Waals surface area contributed by atoms with E-state index in [9.17, 15) is 74.1 Å². The summed E-state index contributed by atoms with van der Waals surface area (Å²) in [7, 11) is 0. The van der Waals surface area contributed by atoms with Crippen molar-refractivity contribution in [3.8, 4) is 11.5 Å². The molecule has 30 heteroatoms. The largest absolute Gasteiger partial charge is 0.504 e. The fourth-order valence-electron chi connectivity index (χ4n) is 8.22. The number of nitrogens with zero attached hydrogens (tertiary/aromatic N) is 2. The third-order valence-electron chi connectivity index (χ3n) is 11.8. The molecule has 3 saturated heterocycles. The van der Waals surface area contributed by atoms with Gasteiger partial charge in [-0.25, -0.2) is 14.8 Å². The van der Waals surface area contributed by atoms with Gasteiger partial charge in [-0.2, -0.15) is 0 Å². The zero-order valence-electron chi connectivity index (χ0n) is 41.1. The number of aliphatic hydroxyl groups excluding tert-OH is 6. The molecule has 3 aliphatic heterocycles. The standard InChI is InChI=1S/C44H66N8O21S/c1-7-12-69-42(66)45-11-10-28(57)33-41(65)52-18-20(2)35(59)34(52)39(63)46-17-23(54)15-25(47-43(67)70-44(4,5)6)36(60)48-31(21(3)53)40(64)51-19-24(55)16-26(51)37(61)49-32(38(62)50-33)29(58)13-22-8-9-27(56)30(14-22)71-74-73-72-68/h7-9,14,20-21,23-26,28-29,31-35,53-59,68H,1,10-13,15-19H2,2-6H3,(H,45,66)(H,46,63)(H,47,67)(H,48,60)(H,49,61)(H,50,62)/t20-,21+,23+,24+,25+,26+,28-,29-,31+,32+,33+,34+,35+/m1/s1. The Bertz CT molecular complexity index is 2170. The summed E-state index contributed by atoms with van der Waals surface area (Å²) >= 11 is 0.0627. The Morgan fingerprint density at radius 1 is 0.878 bits per heavy atom. The average Bonchev–Trinajstić information content (AvgIpc) is 3.87. The molecule has 414 valence electrons. The predicted octanol–water partition coefficient (Wildman–Crippen LogP) is -3.90. The summed E-state index contributed by atoms with van der Waals surface area (Å²) in [6.07, 6.45) is -13.5. The first-order chi connectivity index (χ1) is 34.8. The molecule has 3 heterocycles. The van der Waals surface area contributed by atoms with Gasteiger partial charge in [0, 0.05) is 51.4 Å². The van der Waals surface area contributed by atoms with Crippen molar-refractivity contribution in [3.05, 3.63) is 36.4 Å². The second-order valence-electron chi connectivity index (χ2n) is 18.9. The maximum Gasteiger partial charge on any atom is 0.408 e. The van der Waals surface area contributed by atoms with Crippen LogP contribution in [0.4, 0.5) is 9.59 Å². The number of hydrogen-bond donors (Lipinski definition) is 14. The Labute approximate surface area is 428 Å². The molecule has 13 atom stereocenters. The van der Waals surface area contributed by atoms with Gasteiger partial charge in [0.1, 0.15) is 48.5 Å². The van der Waals surface area contributed by atoms with Crippen molar-refractivity contribution >= 4 is 60.0 Å². The topological polar surface area (TPSA) is 423 Å². The molecular formula is C44H66N8O21S. The molecule has 74 heavy (non-hydrogen) atoms. The summed E-state index contributed by atoms with van der Waals surface area (Å²) in [4.78, 5) is 113. The first-order valence-corrected chi connectivity index (χ1v) is 24.0. The lowest BCUT2D eigenvalue weighted by Crippen LogP contribution is -2.64. The third-order valence-corrected chi connectivity index (χ3v) is 12.2. The van der Waals surface area contributed by atoms with Gasteiger partial charge in [0.2, 0.25) is 35.4 Å². The summed E-state index contributed by atoms with van der Waals surface area (Å²) < 4.78 is 19.4. The number of rotatable bonds is 15. The number of hydrogen-bond acceptors (Lipinski definition) is 22. The van der Waals surface area contributed by atoms with Gasteiger partial charge < -0.3 is 91.1 Å². The molecule has 1 aromatic rings. The predicted molar refractivity (Wildman–Crippen MR) is 252 cm³/mol. The number of carbonyl (C=O) groups excluding carboxylic acids is 8. The zero-order chi connectivity index (χ0) is 55.2. The van der Waals surface area contributed by atoms with Gasteiger partial charge in [0.25, 0.3) is 12.3 Å². The number of alkyl carbamates (subject to hydrolysis) is 2. The summed E-state index contributed by atoms with van der Waals surface area (Å²) in [5, 5.41) is 104. The van der Waals surface area contributed by atoms with Crippen LogP contribution in [-0.2, 0) is 54.0 Å². The number of fused-ring (bicyclic) bond motifs is 2. The number of ether oxygens (including phenoxy) is 2. The van der Waals surface area contributed by atoms with Crippen LogP contribution in [0.2, 0.25) is 0 Å². The highest BCUT2D eigenvalue weighted by atomic mass is 32.2. The van der Waals surface area contributed by atoms with Crippen LogP contribution >= 0.6 is 12.3 Å². The summed E-state index contributed by atoms with van der Waals surface area (Å²) in [6, 6.07) is -7.87. The van der Waals surface area contributed by atoms with Gasteiger partial charge >= 0.3 is 12.2 Å². The van der Waals surface area contributed by atoms with Gasteiger partial charge in [-0.3, -0.25) is 28.8 Å². The second-order valence-corrected chi connectivity index (χ2v) is 19.3. The van der Waals surface area contributed by atoms with Crippen molar-refractivity contribution in [2.45, 2.75) is 139 Å². The minimum atomic E-state index is -2.16. The van der Waals surface area contributed by atoms with Gasteiger partial charge in [0.05, 0.1) is 36.6 Å². The Hall–Kier alpha value is -6.09. The van der Waals surface area contributed by atoms with Crippen LogP contribution in [0.1, 0.15) is 59.4 Å². The number of amides is 8. The highest BCUT2D eigenvalue weighted by Gasteiger charge is 2.50. The van der Waals surface area contributed by atoms with Crippen LogP contribution in [0, 0.1) is 5.92 Å². The number of β-amino-alcohol motifs (C(OH)–C–C–N with tert-alkyl or cyclic N) is 1. The minimum Gasteiger partial charge on any atom is -0.504 e. The molecule has 1 aromatic carbocycles. The van der Waals surface area contributed by atoms with Crippen LogP contribution in [0.3, 0.4) is 0 Å². The molecule has 0 aliphatic carbocycles. The molecule has 0 unspecified atom stereocenters. The number of nitrogens with one attached hydrogen (secondary N) is 6. The van der Waals surface area contributed by atoms with E-state index in [4.69, 9.17) is 18.9 Å². The number of aromatic hydroxyl groups is 1. The summed E-state index contributed by atoms with van der Waals surface area (Å²) in [5.74, 6) is -8.81. The molecular weight excluding hydrogens is 1010 g/mol. The van der Waals surface area contributed by atoms with Crippen molar-refractivity contribution in [2.75, 3.05) is 32.8 Å². The van der Waals surface area contributed by atoms with E-state index in [0.717, 1.165) is 28.9 Å². The van der Waals surface area contributed by atoms with E-state index in [1.165, 1.54) is 39.8 Å². The van der Waals surface area contributed by atoms with E-state index in [2.05, 4.69) is 47.9 Å². The smallest absolute Gasteiger partial charge is 0.408 e. The lowest BCUT2D eigenvalue weighted by atomic mass is 9.98. The number of phenols is 1. The summed E-state index contributed by atoms with van der Waals surface area (Å²) in [6.45, 7) is 8.38. The second kappa shape index (κ2) is 27.4. The monoisotopic (exact) mass is 1070 g/mol. The normalized spacial score (nSPS) is 27.9. The quantitative estimate of drug-likeness (QED) is 0.0262. The van der Waals surface area contributed by atoms with Crippen LogP contribution in [0.15, 0.2) is 30.9 Å². The maximum absolute atomic E-state index is 14.7. The minimum absolute atomic E-state index is 0.0627. The van der Waals surface area contributed by atoms with Crippen LogP contribution < -0.4 is 36.1 Å². The van der Waals surface area contributed by atoms with E-state index in [1.807, 2.05) is 0 Å². The van der Waals surface area contributed by atoms with Crippen molar-refractivity contribution in [1.29, 1.82) is 0 Å². The molecule has 0 radical (unpaired) electrons. The van der Waals surface area contributed by atoms with Crippen LogP contribution in [-0.4, -0.2) is 210 Å². The van der Waals surface area contributed by atoms with E-state index in [-0.39, 0.29) is 43.3 Å². The SMILES string of the molecule is C=CCOC(=O)NCC[C@@H](O)[C@@H]1NC(=O)[C@H]([C@H](O)Cc2ccc(O)c(OSOOO)c2)NC(=O)[C@@H]2C[C@H](O)CN2C(=O)[C@H]([C@H](C)O)NC(=O)[C@@H](NC(=O)OC(C)(C)C)C[C@H](O)CNC(=O)[C@@H]2[C@@H](O)[C@H](C)CN2C1=O. The van der Waals surface area contributed by atoms with Gasteiger partial charge in [-0.1, -0.05) is 35.0 Å². The number of benzene rings is 1. The van der Waals surface area contributed by atoms with E-state index < -0.39 is 177 Å². The van der Waals surface area contributed by atoms with E-state index in [1.54, 1.807) is 0 Å². The third kappa shape index (κ3) is 17.0. The fourth-order valence-corrected chi connectivity index (χ4v) is 8.48. The van der Waals surface area contributed by atoms with Gasteiger partial charge in [-0.05, 0) is 51.8 Å². The van der Waals surface area contributed by atoms with Gasteiger partial charge in [0.15, 0.2) is 11.5 Å². The number of aliphatic hydroxyl groups is 6. The lowest BCUT2D eigenvalue weighted by Gasteiger charge is -2.34. The molecule has 0 saturated carbocycles. The van der Waals surface area contributed by atoms with Gasteiger partial charge in [-0.15, -0.1) is 0 Å². The Kier molecular flexibility index (Phi) is 22.4. The van der Waals surface area contributed by atoms with Crippen molar-refractivity contribution < 1.29 is 102 Å². The Balaban J connectivity index is 1.85. The number of phenolic OH excluding ortho intramolecular Hbond substituents is 1. The molecule has 0 aromatic heterocycles. The average molecular weight is 1080 g/mol. The lowest BCUT2D eigenvalue weighted by molar-refractivity contribution is -0.433. The molecule has 8 amide bonds. The number of carbonyl (C=O) groups is 8. The van der Waals surface area contributed by atoms with E-state index in [0.29, 0.717) is 0 Å². The fraction of sp³-hybridized carbons (Fsp3) is 0.636. The Morgan fingerprint density at radius 2 is 1.54 bits per heavy atom. The molecule has 29 nitrogen and oxygen atoms in total. The molecule has 4 rings (SSSR count). The molecule has 0 spiro atoms. The first kappa shape index (κ1) is 60.5. The maximum atomic E-state index is 14.7. The van der Waals surface area contributed by atoms with E-state index >= 15 is 0 Å². The highest BCUT2D eigenvalue weighted by molar-refractivity contribution is 7.90. The molecule has 3 aliphatic rings. The van der Waals surface area contributed by atoms with Crippen molar-refractivity contribution in [1.82, 2.24) is 41.7 Å². The summed E-state index contributed by atoms with van der Waals surface area (Å²) in [5.41, 5.74) is -0.993. The van der Waals surface area contributed by atoms with Crippen molar-refractivity contribution in [3.63, 3.8) is 0 Å². The van der Waals surface area contributed by atoms with Crippen LogP contribution in [0.5, 0.6) is 11.5 Å². The Morgan fingerprint density at radius 3 is 2.19 bits per heavy atom. The van der Waals surface area contributed by atoms with Crippen LogP contribution in [0.25, 0.3) is 0 Å². The molecule has 0 bridgehead atoms.